The molecule has 1 saturated carbocycles. The Labute approximate surface area is 162 Å². The third-order valence-electron chi connectivity index (χ3n) is 6.19. The molecule has 1 aliphatic carbocycles. The Kier molecular flexibility index (Phi) is 5.38. The molecule has 0 atom stereocenters. The van der Waals surface area contributed by atoms with Crippen molar-refractivity contribution < 1.29 is 4.39 Å². The fourth-order valence-electron chi connectivity index (χ4n) is 4.40. The summed E-state index contributed by atoms with van der Waals surface area (Å²) in [6.07, 6.45) is 6.58. The van der Waals surface area contributed by atoms with Gasteiger partial charge in [0.1, 0.15) is 5.82 Å². The zero-order valence-corrected chi connectivity index (χ0v) is 16.0. The van der Waals surface area contributed by atoms with E-state index in [9.17, 15) is 4.39 Å². The van der Waals surface area contributed by atoms with Crippen molar-refractivity contribution in [2.24, 2.45) is 5.92 Å². The van der Waals surface area contributed by atoms with Gasteiger partial charge < -0.3 is 0 Å². The SMILES string of the molecule is CCC1CCC(c2ccc(-c3ccc(-c4ccccc4)cc3F)cc2)CC1. The maximum Gasteiger partial charge on any atom is 0.131 e. The summed E-state index contributed by atoms with van der Waals surface area (Å²) in [6.45, 7) is 2.30. The topological polar surface area (TPSA) is 0 Å². The monoisotopic (exact) mass is 358 g/mol. The van der Waals surface area contributed by atoms with Gasteiger partial charge in [-0.2, -0.15) is 0 Å². The number of halogens is 1. The highest BCUT2D eigenvalue weighted by molar-refractivity contribution is 5.71. The van der Waals surface area contributed by atoms with Crippen LogP contribution in [0.3, 0.4) is 0 Å². The lowest BCUT2D eigenvalue weighted by Gasteiger charge is -2.28. The van der Waals surface area contributed by atoms with Crippen molar-refractivity contribution >= 4 is 0 Å². The molecule has 0 heterocycles. The molecule has 0 nitrogen and oxygen atoms in total. The summed E-state index contributed by atoms with van der Waals surface area (Å²) in [5, 5.41) is 0. The van der Waals surface area contributed by atoms with Crippen molar-refractivity contribution in [2.45, 2.75) is 44.9 Å². The first-order valence-electron chi connectivity index (χ1n) is 10.2. The van der Waals surface area contributed by atoms with E-state index in [2.05, 4.69) is 31.2 Å². The average molecular weight is 359 g/mol. The fourth-order valence-corrected chi connectivity index (χ4v) is 4.40. The lowest BCUT2D eigenvalue weighted by Crippen LogP contribution is -2.12. The number of hydrogen-bond donors (Lipinski definition) is 0. The Balaban J connectivity index is 1.52. The van der Waals surface area contributed by atoms with Crippen LogP contribution in [0.2, 0.25) is 0 Å². The van der Waals surface area contributed by atoms with E-state index in [1.54, 1.807) is 6.07 Å². The molecule has 138 valence electrons. The summed E-state index contributed by atoms with van der Waals surface area (Å²) >= 11 is 0. The smallest absolute Gasteiger partial charge is 0.131 e. The lowest BCUT2D eigenvalue weighted by atomic mass is 9.77. The molecule has 0 aliphatic heterocycles. The minimum absolute atomic E-state index is 0.160. The number of hydrogen-bond acceptors (Lipinski definition) is 0. The normalized spacial score (nSPS) is 19.8. The second-order valence-electron chi connectivity index (χ2n) is 7.81. The zero-order chi connectivity index (χ0) is 18.6. The third kappa shape index (κ3) is 3.98. The van der Waals surface area contributed by atoms with Crippen molar-refractivity contribution in [1.29, 1.82) is 0 Å². The van der Waals surface area contributed by atoms with Gasteiger partial charge in [0.05, 0.1) is 0 Å². The summed E-state index contributed by atoms with van der Waals surface area (Å²) < 4.78 is 14.8. The van der Waals surface area contributed by atoms with Crippen LogP contribution >= 0.6 is 0 Å². The largest absolute Gasteiger partial charge is 0.206 e. The molecule has 0 radical (unpaired) electrons. The van der Waals surface area contributed by atoms with E-state index in [0.717, 1.165) is 22.6 Å². The summed E-state index contributed by atoms with van der Waals surface area (Å²) in [7, 11) is 0. The van der Waals surface area contributed by atoms with Gasteiger partial charge in [-0.05, 0) is 65.8 Å². The highest BCUT2D eigenvalue weighted by atomic mass is 19.1. The van der Waals surface area contributed by atoms with Crippen molar-refractivity contribution in [3.63, 3.8) is 0 Å². The summed E-state index contributed by atoms with van der Waals surface area (Å²) in [5.74, 6) is 1.43. The van der Waals surface area contributed by atoms with Crippen LogP contribution in [-0.4, -0.2) is 0 Å². The molecule has 1 aliphatic rings. The maximum atomic E-state index is 14.8. The Bertz CT molecular complexity index is 872. The van der Waals surface area contributed by atoms with Crippen LogP contribution in [0.1, 0.15) is 50.5 Å². The molecule has 1 heteroatoms. The average Bonchev–Trinajstić information content (AvgIpc) is 2.74. The minimum Gasteiger partial charge on any atom is -0.206 e. The molecule has 0 bridgehead atoms. The van der Waals surface area contributed by atoms with Crippen molar-refractivity contribution in [3.05, 3.63) is 84.2 Å². The molecule has 0 aromatic heterocycles. The van der Waals surface area contributed by atoms with Gasteiger partial charge in [-0.25, -0.2) is 4.39 Å². The summed E-state index contributed by atoms with van der Waals surface area (Å²) in [4.78, 5) is 0. The Morgan fingerprint density at radius 3 is 2.04 bits per heavy atom. The first-order valence-corrected chi connectivity index (χ1v) is 10.2. The molecular weight excluding hydrogens is 331 g/mol. The number of benzene rings is 3. The lowest BCUT2D eigenvalue weighted by molar-refractivity contribution is 0.319. The standard InChI is InChI=1S/C26H27F/c1-2-19-8-10-21(11-9-19)22-12-14-23(15-13-22)25-17-16-24(18-26(25)27)20-6-4-3-5-7-20/h3-7,12-19,21H,2,8-11H2,1H3. The van der Waals surface area contributed by atoms with E-state index in [1.165, 1.54) is 37.7 Å². The van der Waals surface area contributed by atoms with Crippen LogP contribution in [0, 0.1) is 11.7 Å². The molecule has 0 spiro atoms. The highest BCUT2D eigenvalue weighted by Gasteiger charge is 2.21. The summed E-state index contributed by atoms with van der Waals surface area (Å²) in [6, 6.07) is 24.1. The van der Waals surface area contributed by atoms with E-state index >= 15 is 0 Å². The molecule has 4 rings (SSSR count). The third-order valence-corrected chi connectivity index (χ3v) is 6.19. The number of rotatable bonds is 4. The van der Waals surface area contributed by atoms with Gasteiger partial charge in [0.2, 0.25) is 0 Å². The van der Waals surface area contributed by atoms with Gasteiger partial charge >= 0.3 is 0 Å². The van der Waals surface area contributed by atoms with E-state index < -0.39 is 0 Å². The van der Waals surface area contributed by atoms with Crippen molar-refractivity contribution in [1.82, 2.24) is 0 Å². The zero-order valence-electron chi connectivity index (χ0n) is 16.0. The molecule has 0 amide bonds. The van der Waals surface area contributed by atoms with Crippen molar-refractivity contribution in [3.8, 4) is 22.3 Å². The van der Waals surface area contributed by atoms with E-state index in [1.807, 2.05) is 42.5 Å². The second kappa shape index (κ2) is 8.08. The molecule has 3 aromatic carbocycles. The molecule has 1 fully saturated rings. The first kappa shape index (κ1) is 18.0. The molecule has 0 unspecified atom stereocenters. The van der Waals surface area contributed by atoms with Crippen LogP contribution in [0.4, 0.5) is 4.39 Å². The van der Waals surface area contributed by atoms with Crippen molar-refractivity contribution in [2.75, 3.05) is 0 Å². The van der Waals surface area contributed by atoms with E-state index in [0.29, 0.717) is 11.5 Å². The molecule has 0 saturated heterocycles. The Morgan fingerprint density at radius 1 is 0.741 bits per heavy atom. The van der Waals surface area contributed by atoms with Gasteiger partial charge in [-0.1, -0.05) is 80.1 Å². The van der Waals surface area contributed by atoms with E-state index in [4.69, 9.17) is 0 Å². The van der Waals surface area contributed by atoms with E-state index in [-0.39, 0.29) is 5.82 Å². The van der Waals surface area contributed by atoms with Crippen LogP contribution < -0.4 is 0 Å². The predicted octanol–water partition coefficient (Wildman–Crippen LogP) is 7.84. The Hall–Kier alpha value is -2.41. The maximum absolute atomic E-state index is 14.8. The van der Waals surface area contributed by atoms with Crippen LogP contribution in [0.15, 0.2) is 72.8 Å². The van der Waals surface area contributed by atoms with Gasteiger partial charge in [0.15, 0.2) is 0 Å². The van der Waals surface area contributed by atoms with Crippen LogP contribution in [0.25, 0.3) is 22.3 Å². The van der Waals surface area contributed by atoms with Gasteiger partial charge in [0.25, 0.3) is 0 Å². The molecular formula is C26H27F. The van der Waals surface area contributed by atoms with Crippen LogP contribution in [0.5, 0.6) is 0 Å². The molecule has 0 N–H and O–H groups in total. The summed E-state index contributed by atoms with van der Waals surface area (Å²) in [5.41, 5.74) is 5.01. The molecule has 27 heavy (non-hydrogen) atoms. The quantitative estimate of drug-likeness (QED) is 0.445. The minimum atomic E-state index is -0.160. The van der Waals surface area contributed by atoms with Gasteiger partial charge in [0, 0.05) is 5.56 Å². The van der Waals surface area contributed by atoms with Gasteiger partial charge in [-0.3, -0.25) is 0 Å². The van der Waals surface area contributed by atoms with Crippen LogP contribution in [-0.2, 0) is 0 Å². The highest BCUT2D eigenvalue weighted by Crippen LogP contribution is 2.37. The first-order chi connectivity index (χ1) is 13.2. The second-order valence-corrected chi connectivity index (χ2v) is 7.81. The fraction of sp³-hybridized carbons (Fsp3) is 0.308. The molecule has 3 aromatic rings. The predicted molar refractivity (Wildman–Crippen MR) is 112 cm³/mol. The Morgan fingerprint density at radius 2 is 1.41 bits per heavy atom. The van der Waals surface area contributed by atoms with Gasteiger partial charge in [-0.15, -0.1) is 0 Å².